The van der Waals surface area contributed by atoms with Gasteiger partial charge in [0, 0.05) is 18.1 Å². The maximum absolute atomic E-state index is 11.5. The number of carbonyl (C=O) groups excluding carboxylic acids is 2. The molecule has 0 saturated carbocycles. The monoisotopic (exact) mass is 255 g/mol. The molecule has 0 saturated heterocycles. The summed E-state index contributed by atoms with van der Waals surface area (Å²) < 4.78 is 0. The lowest BCUT2D eigenvalue weighted by atomic mass is 10.0. The molecular formula is C14H13N3O2. The predicted octanol–water partition coefficient (Wildman–Crippen LogP) is 2.30. The highest BCUT2D eigenvalue weighted by molar-refractivity contribution is 6.00. The fourth-order valence-corrected chi connectivity index (χ4v) is 1.73. The van der Waals surface area contributed by atoms with E-state index < -0.39 is 0 Å². The molecule has 1 heterocycles. The van der Waals surface area contributed by atoms with Crippen LogP contribution in [0.1, 0.15) is 24.2 Å². The molecule has 0 aliphatic heterocycles. The number of Topliss-reactive ketones (excluding diaryl/α,β-unsaturated/α-hetero) is 1. The molecule has 5 nitrogen and oxygen atoms in total. The molecule has 19 heavy (non-hydrogen) atoms. The fourth-order valence-electron chi connectivity index (χ4n) is 1.73. The zero-order valence-corrected chi connectivity index (χ0v) is 10.7. The van der Waals surface area contributed by atoms with Gasteiger partial charge in [-0.3, -0.25) is 14.6 Å². The van der Waals surface area contributed by atoms with Crippen LogP contribution in [0.25, 0.3) is 11.3 Å². The second-order valence-electron chi connectivity index (χ2n) is 4.07. The number of hydrogen-bond acceptors (Lipinski definition) is 4. The van der Waals surface area contributed by atoms with E-state index in [-0.39, 0.29) is 11.7 Å². The number of benzene rings is 1. The van der Waals surface area contributed by atoms with Gasteiger partial charge in [0.15, 0.2) is 11.6 Å². The van der Waals surface area contributed by atoms with Crippen molar-refractivity contribution in [2.45, 2.75) is 13.8 Å². The van der Waals surface area contributed by atoms with Crippen LogP contribution in [-0.4, -0.2) is 21.7 Å². The summed E-state index contributed by atoms with van der Waals surface area (Å²) in [6.07, 6.45) is 3.00. The third-order valence-corrected chi connectivity index (χ3v) is 2.54. The van der Waals surface area contributed by atoms with E-state index in [4.69, 9.17) is 0 Å². The minimum atomic E-state index is -0.203. The predicted molar refractivity (Wildman–Crippen MR) is 71.8 cm³/mol. The summed E-state index contributed by atoms with van der Waals surface area (Å²) in [4.78, 5) is 30.7. The summed E-state index contributed by atoms with van der Waals surface area (Å²) >= 11 is 0. The largest absolute Gasteiger partial charge is 0.310 e. The minimum Gasteiger partial charge on any atom is -0.310 e. The number of ketones is 1. The van der Waals surface area contributed by atoms with E-state index in [0.717, 1.165) is 5.56 Å². The molecule has 1 aromatic carbocycles. The molecule has 96 valence electrons. The third kappa shape index (κ3) is 3.01. The highest BCUT2D eigenvalue weighted by Gasteiger charge is 2.10. The van der Waals surface area contributed by atoms with Crippen LogP contribution in [-0.2, 0) is 4.79 Å². The van der Waals surface area contributed by atoms with E-state index in [2.05, 4.69) is 15.3 Å². The minimum absolute atomic E-state index is 0.0247. The number of nitrogens with one attached hydrogen (secondary N) is 1. The van der Waals surface area contributed by atoms with Gasteiger partial charge in [-0.2, -0.15) is 0 Å². The van der Waals surface area contributed by atoms with Gasteiger partial charge in [0.2, 0.25) is 5.91 Å². The van der Waals surface area contributed by atoms with Crippen LogP contribution < -0.4 is 5.32 Å². The molecule has 2 aromatic rings. The number of hydrogen-bond donors (Lipinski definition) is 1. The van der Waals surface area contributed by atoms with Gasteiger partial charge in [-0.1, -0.05) is 24.3 Å². The van der Waals surface area contributed by atoms with Crippen molar-refractivity contribution in [2.24, 2.45) is 0 Å². The average molecular weight is 255 g/mol. The zero-order valence-electron chi connectivity index (χ0n) is 10.7. The first-order valence-electron chi connectivity index (χ1n) is 5.78. The molecule has 1 aromatic heterocycles. The van der Waals surface area contributed by atoms with Crippen LogP contribution in [0.15, 0.2) is 36.7 Å². The summed E-state index contributed by atoms with van der Waals surface area (Å²) in [6.45, 7) is 2.92. The first-order valence-corrected chi connectivity index (χ1v) is 5.78. The number of amides is 1. The van der Waals surface area contributed by atoms with Gasteiger partial charge in [0.1, 0.15) is 0 Å². The van der Waals surface area contributed by atoms with E-state index in [1.54, 1.807) is 12.1 Å². The smallest absolute Gasteiger partial charge is 0.222 e. The van der Waals surface area contributed by atoms with Gasteiger partial charge < -0.3 is 5.32 Å². The first-order chi connectivity index (χ1) is 9.08. The van der Waals surface area contributed by atoms with Crippen LogP contribution in [0.2, 0.25) is 0 Å². The van der Waals surface area contributed by atoms with Crippen molar-refractivity contribution in [2.75, 3.05) is 5.32 Å². The van der Waals surface area contributed by atoms with Crippen molar-refractivity contribution in [3.63, 3.8) is 0 Å². The molecule has 0 radical (unpaired) electrons. The van der Waals surface area contributed by atoms with Crippen LogP contribution in [0, 0.1) is 0 Å². The summed E-state index contributed by atoms with van der Waals surface area (Å²) in [7, 11) is 0. The quantitative estimate of drug-likeness (QED) is 0.854. The van der Waals surface area contributed by atoms with Crippen LogP contribution in [0.4, 0.5) is 5.82 Å². The van der Waals surface area contributed by atoms with Crippen molar-refractivity contribution in [3.8, 4) is 11.3 Å². The third-order valence-electron chi connectivity index (χ3n) is 2.54. The second kappa shape index (κ2) is 5.39. The summed E-state index contributed by atoms with van der Waals surface area (Å²) in [5.41, 5.74) is 1.93. The summed E-state index contributed by atoms with van der Waals surface area (Å²) in [5.74, 6) is 0.158. The van der Waals surface area contributed by atoms with Crippen molar-refractivity contribution in [1.82, 2.24) is 9.97 Å². The van der Waals surface area contributed by atoms with Crippen molar-refractivity contribution in [1.29, 1.82) is 0 Å². The Kier molecular flexibility index (Phi) is 3.66. The molecule has 0 aliphatic rings. The molecule has 0 spiro atoms. The molecule has 0 bridgehead atoms. The molecular weight excluding hydrogens is 242 g/mol. The van der Waals surface area contributed by atoms with E-state index in [1.165, 1.54) is 26.2 Å². The average Bonchev–Trinajstić information content (AvgIpc) is 2.39. The normalized spacial score (nSPS) is 10.0. The maximum Gasteiger partial charge on any atom is 0.222 e. The van der Waals surface area contributed by atoms with Gasteiger partial charge >= 0.3 is 0 Å². The highest BCUT2D eigenvalue weighted by Crippen LogP contribution is 2.21. The number of aromatic nitrogens is 2. The van der Waals surface area contributed by atoms with Crippen molar-refractivity contribution >= 4 is 17.5 Å². The van der Waals surface area contributed by atoms with Crippen LogP contribution in [0.5, 0.6) is 0 Å². The molecule has 2 rings (SSSR count). The van der Waals surface area contributed by atoms with E-state index >= 15 is 0 Å². The van der Waals surface area contributed by atoms with Gasteiger partial charge in [-0.15, -0.1) is 0 Å². The molecule has 0 aliphatic carbocycles. The van der Waals surface area contributed by atoms with E-state index in [9.17, 15) is 9.59 Å². The Hall–Kier alpha value is -2.56. The Labute approximate surface area is 110 Å². The van der Waals surface area contributed by atoms with Crippen molar-refractivity contribution < 1.29 is 9.59 Å². The molecule has 0 unspecified atom stereocenters. The van der Waals surface area contributed by atoms with Crippen LogP contribution >= 0.6 is 0 Å². The number of nitrogens with zero attached hydrogens (tertiary/aromatic N) is 2. The molecule has 0 atom stereocenters. The first kappa shape index (κ1) is 12.9. The van der Waals surface area contributed by atoms with Crippen molar-refractivity contribution in [3.05, 3.63) is 42.2 Å². The van der Waals surface area contributed by atoms with E-state index in [1.807, 2.05) is 12.1 Å². The molecule has 5 heteroatoms. The standard InChI is InChI=1S/C14H13N3O2/c1-9(18)11-5-3-4-6-12(11)13-7-16-14(8-15-13)17-10(2)19/h3-8H,1-2H3,(H,16,17,19). The van der Waals surface area contributed by atoms with Gasteiger partial charge in [-0.25, -0.2) is 4.98 Å². The van der Waals surface area contributed by atoms with Gasteiger partial charge in [0.25, 0.3) is 0 Å². The summed E-state index contributed by atoms with van der Waals surface area (Å²) in [5, 5.41) is 2.54. The molecule has 0 fully saturated rings. The fraction of sp³-hybridized carbons (Fsp3) is 0.143. The van der Waals surface area contributed by atoms with E-state index in [0.29, 0.717) is 17.1 Å². The number of rotatable bonds is 3. The summed E-state index contributed by atoms with van der Waals surface area (Å²) in [6, 6.07) is 7.21. The zero-order chi connectivity index (χ0) is 13.8. The number of carbonyl (C=O) groups is 2. The second-order valence-corrected chi connectivity index (χ2v) is 4.07. The Balaban J connectivity index is 2.37. The molecule has 1 N–H and O–H groups in total. The lowest BCUT2D eigenvalue weighted by Gasteiger charge is -2.06. The van der Waals surface area contributed by atoms with Gasteiger partial charge in [-0.05, 0) is 6.92 Å². The Morgan fingerprint density at radius 3 is 2.37 bits per heavy atom. The van der Waals surface area contributed by atoms with Crippen LogP contribution in [0.3, 0.4) is 0 Å². The Morgan fingerprint density at radius 1 is 1.05 bits per heavy atom. The SMILES string of the molecule is CC(=O)Nc1cnc(-c2ccccc2C(C)=O)cn1. The lowest BCUT2D eigenvalue weighted by molar-refractivity contribution is -0.114. The van der Waals surface area contributed by atoms with Gasteiger partial charge in [0.05, 0.1) is 18.1 Å². The Morgan fingerprint density at radius 2 is 1.79 bits per heavy atom. The maximum atomic E-state index is 11.5. The number of anilines is 1. The highest BCUT2D eigenvalue weighted by atomic mass is 16.1. The lowest BCUT2D eigenvalue weighted by Crippen LogP contribution is -2.08. The Bertz CT molecular complexity index is 621. The molecule has 1 amide bonds. The topological polar surface area (TPSA) is 72.0 Å².